The van der Waals surface area contributed by atoms with E-state index in [1.165, 1.54) is 12.8 Å². The number of likely N-dealkylation sites (tertiary alicyclic amines) is 1. The van der Waals surface area contributed by atoms with Crippen molar-refractivity contribution in [3.05, 3.63) is 30.0 Å². The van der Waals surface area contributed by atoms with Crippen LogP contribution in [0.3, 0.4) is 0 Å². The third kappa shape index (κ3) is 3.70. The lowest BCUT2D eigenvalue weighted by molar-refractivity contribution is -0.131. The fourth-order valence-corrected chi connectivity index (χ4v) is 2.98. The van der Waals surface area contributed by atoms with Crippen LogP contribution in [0.1, 0.15) is 42.6 Å². The van der Waals surface area contributed by atoms with E-state index in [1.807, 2.05) is 29.2 Å². The molecule has 6 nitrogen and oxygen atoms in total. The van der Waals surface area contributed by atoms with Crippen LogP contribution in [0.25, 0.3) is 10.9 Å². The van der Waals surface area contributed by atoms with Gasteiger partial charge < -0.3 is 10.2 Å². The first kappa shape index (κ1) is 15.5. The van der Waals surface area contributed by atoms with Crippen molar-refractivity contribution in [2.24, 2.45) is 0 Å². The third-order valence-electron chi connectivity index (χ3n) is 4.27. The number of nitrogens with one attached hydrogen (secondary N) is 2. The number of hydrogen-bond donors (Lipinski definition) is 2. The zero-order chi connectivity index (χ0) is 16.1. The average Bonchev–Trinajstić information content (AvgIpc) is 2.80. The summed E-state index contributed by atoms with van der Waals surface area (Å²) in [5.41, 5.74) is 1.21. The number of fused-ring (bicyclic) bond motifs is 1. The number of nitrogens with zero attached hydrogens (tertiary/aromatic N) is 2. The third-order valence-corrected chi connectivity index (χ3v) is 4.27. The van der Waals surface area contributed by atoms with E-state index in [0.29, 0.717) is 18.7 Å². The van der Waals surface area contributed by atoms with Crippen LogP contribution in [0.4, 0.5) is 0 Å². The first-order valence-corrected chi connectivity index (χ1v) is 8.25. The van der Waals surface area contributed by atoms with Crippen LogP contribution in [0.15, 0.2) is 24.3 Å². The Bertz CT molecular complexity index is 687. The van der Waals surface area contributed by atoms with Crippen molar-refractivity contribution in [3.8, 4) is 0 Å². The maximum absolute atomic E-state index is 12.2. The molecule has 0 aliphatic carbocycles. The number of carbonyl (C=O) groups excluding carboxylic acids is 2. The Morgan fingerprint density at radius 2 is 1.87 bits per heavy atom. The van der Waals surface area contributed by atoms with Crippen molar-refractivity contribution in [2.75, 3.05) is 19.6 Å². The second-order valence-corrected chi connectivity index (χ2v) is 5.92. The smallest absolute Gasteiger partial charge is 0.272 e. The number of rotatable bonds is 4. The lowest BCUT2D eigenvalue weighted by atomic mass is 10.2. The Morgan fingerprint density at radius 3 is 2.65 bits per heavy atom. The van der Waals surface area contributed by atoms with Crippen LogP contribution in [-0.4, -0.2) is 46.5 Å². The van der Waals surface area contributed by atoms with Gasteiger partial charge in [0.1, 0.15) is 0 Å². The largest absolute Gasteiger partial charge is 0.350 e. The van der Waals surface area contributed by atoms with Gasteiger partial charge >= 0.3 is 0 Å². The molecule has 2 heterocycles. The number of aromatic nitrogens is 2. The highest BCUT2D eigenvalue weighted by Crippen LogP contribution is 2.15. The van der Waals surface area contributed by atoms with Crippen LogP contribution in [0.2, 0.25) is 0 Å². The quantitative estimate of drug-likeness (QED) is 0.907. The molecule has 1 aromatic heterocycles. The zero-order valence-electron chi connectivity index (χ0n) is 13.2. The van der Waals surface area contributed by atoms with Crippen molar-refractivity contribution < 1.29 is 9.59 Å². The van der Waals surface area contributed by atoms with Gasteiger partial charge in [0, 0.05) is 31.4 Å². The minimum Gasteiger partial charge on any atom is -0.350 e. The fourth-order valence-electron chi connectivity index (χ4n) is 2.98. The normalized spacial score (nSPS) is 15.4. The predicted octanol–water partition coefficient (Wildman–Crippen LogP) is 2.09. The van der Waals surface area contributed by atoms with E-state index in [2.05, 4.69) is 15.5 Å². The number of benzene rings is 1. The number of carbonyl (C=O) groups is 2. The lowest BCUT2D eigenvalue weighted by Gasteiger charge is -2.20. The molecule has 6 heteroatoms. The summed E-state index contributed by atoms with van der Waals surface area (Å²) in [5.74, 6) is -0.120. The summed E-state index contributed by atoms with van der Waals surface area (Å²) >= 11 is 0. The van der Waals surface area contributed by atoms with Crippen LogP contribution in [0, 0.1) is 0 Å². The van der Waals surface area contributed by atoms with Crippen LogP contribution >= 0.6 is 0 Å². The van der Waals surface area contributed by atoms with E-state index in [9.17, 15) is 9.59 Å². The van der Waals surface area contributed by atoms with E-state index in [0.717, 1.165) is 36.8 Å². The molecule has 0 radical (unpaired) electrons. The lowest BCUT2D eigenvalue weighted by Crippen LogP contribution is -2.35. The minimum atomic E-state index is -0.244. The summed E-state index contributed by atoms with van der Waals surface area (Å²) in [6.07, 6.45) is 4.91. The molecule has 1 fully saturated rings. The summed E-state index contributed by atoms with van der Waals surface area (Å²) < 4.78 is 0. The molecule has 1 aliphatic rings. The summed E-state index contributed by atoms with van der Waals surface area (Å²) in [6, 6.07) is 7.50. The van der Waals surface area contributed by atoms with Gasteiger partial charge in [-0.1, -0.05) is 31.0 Å². The van der Waals surface area contributed by atoms with Gasteiger partial charge in [0.25, 0.3) is 5.91 Å². The first-order valence-electron chi connectivity index (χ1n) is 8.25. The van der Waals surface area contributed by atoms with Crippen LogP contribution < -0.4 is 5.32 Å². The summed E-state index contributed by atoms with van der Waals surface area (Å²) in [5, 5.41) is 10.5. The van der Waals surface area contributed by atoms with Crippen molar-refractivity contribution in [1.29, 1.82) is 0 Å². The molecule has 1 aliphatic heterocycles. The van der Waals surface area contributed by atoms with E-state index in [-0.39, 0.29) is 11.8 Å². The van der Waals surface area contributed by atoms with E-state index in [4.69, 9.17) is 0 Å². The molecule has 3 rings (SSSR count). The Balaban J connectivity index is 1.52. The van der Waals surface area contributed by atoms with Gasteiger partial charge in [-0.3, -0.25) is 14.7 Å². The zero-order valence-corrected chi connectivity index (χ0v) is 13.2. The van der Waals surface area contributed by atoms with Crippen molar-refractivity contribution in [1.82, 2.24) is 20.4 Å². The molecule has 0 unspecified atom stereocenters. The molecule has 2 N–H and O–H groups in total. The molecular weight excluding hydrogens is 292 g/mol. The van der Waals surface area contributed by atoms with Crippen molar-refractivity contribution in [2.45, 2.75) is 32.1 Å². The molecule has 0 spiro atoms. The molecule has 0 atom stereocenters. The molecule has 1 saturated heterocycles. The minimum absolute atomic E-state index is 0.124. The highest BCUT2D eigenvalue weighted by Gasteiger charge is 2.17. The number of amides is 2. The molecule has 2 amide bonds. The summed E-state index contributed by atoms with van der Waals surface area (Å²) in [6.45, 7) is 2.03. The van der Waals surface area contributed by atoms with Crippen LogP contribution in [-0.2, 0) is 4.79 Å². The second-order valence-electron chi connectivity index (χ2n) is 5.92. The first-order chi connectivity index (χ1) is 11.3. The Labute approximate surface area is 135 Å². The van der Waals surface area contributed by atoms with Crippen molar-refractivity contribution >= 4 is 22.7 Å². The molecular formula is C17H22N4O2. The van der Waals surface area contributed by atoms with Gasteiger partial charge in [0.05, 0.1) is 5.52 Å². The maximum atomic E-state index is 12.2. The molecule has 122 valence electrons. The molecule has 1 aromatic carbocycles. The Kier molecular flexibility index (Phi) is 4.90. The van der Waals surface area contributed by atoms with Gasteiger partial charge in [0.2, 0.25) is 5.91 Å². The van der Waals surface area contributed by atoms with Crippen LogP contribution in [0.5, 0.6) is 0 Å². The van der Waals surface area contributed by atoms with E-state index in [1.54, 1.807) is 0 Å². The van der Waals surface area contributed by atoms with Gasteiger partial charge in [0.15, 0.2) is 5.69 Å². The summed E-state index contributed by atoms with van der Waals surface area (Å²) in [7, 11) is 0. The highest BCUT2D eigenvalue weighted by molar-refractivity contribution is 6.04. The second kappa shape index (κ2) is 7.26. The number of aromatic amines is 1. The standard InChI is InChI=1S/C17H22N4O2/c22-15(21-11-5-1-2-6-12-21)9-10-18-17(23)16-13-7-3-4-8-14(13)19-20-16/h3-4,7-8H,1-2,5-6,9-12H2,(H,18,23)(H,19,20). The van der Waals surface area contributed by atoms with Gasteiger partial charge in [-0.2, -0.15) is 5.10 Å². The Hall–Kier alpha value is -2.37. The number of para-hydroxylation sites is 1. The number of H-pyrrole nitrogens is 1. The Morgan fingerprint density at radius 1 is 1.13 bits per heavy atom. The average molecular weight is 314 g/mol. The van der Waals surface area contributed by atoms with E-state index >= 15 is 0 Å². The van der Waals surface area contributed by atoms with Gasteiger partial charge in [-0.05, 0) is 18.9 Å². The predicted molar refractivity (Wildman–Crippen MR) is 88.1 cm³/mol. The molecule has 2 aromatic rings. The van der Waals surface area contributed by atoms with E-state index < -0.39 is 0 Å². The topological polar surface area (TPSA) is 78.1 Å². The van der Waals surface area contributed by atoms with Gasteiger partial charge in [-0.25, -0.2) is 0 Å². The summed E-state index contributed by atoms with van der Waals surface area (Å²) in [4.78, 5) is 26.3. The highest BCUT2D eigenvalue weighted by atomic mass is 16.2. The van der Waals surface area contributed by atoms with Crippen molar-refractivity contribution in [3.63, 3.8) is 0 Å². The SMILES string of the molecule is O=C(NCCC(=O)N1CCCCCC1)c1n[nH]c2ccccc12. The van der Waals surface area contributed by atoms with Gasteiger partial charge in [-0.15, -0.1) is 0 Å². The monoisotopic (exact) mass is 314 g/mol. The molecule has 0 saturated carbocycles. The fraction of sp³-hybridized carbons (Fsp3) is 0.471. The number of hydrogen-bond acceptors (Lipinski definition) is 3. The molecule has 0 bridgehead atoms. The molecule has 23 heavy (non-hydrogen) atoms. The maximum Gasteiger partial charge on any atom is 0.272 e.